The summed E-state index contributed by atoms with van der Waals surface area (Å²) >= 11 is 5.95. The molecule has 1 unspecified atom stereocenters. The highest BCUT2D eigenvalue weighted by Crippen LogP contribution is 2.36. The van der Waals surface area contributed by atoms with Gasteiger partial charge in [-0.15, -0.1) is 0 Å². The molecule has 2 rings (SSSR count). The molecule has 1 fully saturated rings. The zero-order valence-corrected chi connectivity index (χ0v) is 13.2. The number of hydrogen-bond acceptors (Lipinski definition) is 2. The van der Waals surface area contributed by atoms with E-state index < -0.39 is 0 Å². The van der Waals surface area contributed by atoms with Gasteiger partial charge in [-0.05, 0) is 42.9 Å². The molecular weight excluding hydrogens is 272 g/mol. The topological polar surface area (TPSA) is 41.1 Å². The molecule has 0 aliphatic heterocycles. The van der Waals surface area contributed by atoms with Crippen molar-refractivity contribution in [2.45, 2.75) is 46.1 Å². The van der Waals surface area contributed by atoms with E-state index in [1.807, 2.05) is 19.1 Å². The summed E-state index contributed by atoms with van der Waals surface area (Å²) in [6.07, 6.45) is 3.61. The predicted molar refractivity (Wildman–Crippen MR) is 84.2 cm³/mol. The van der Waals surface area contributed by atoms with E-state index in [9.17, 15) is 4.79 Å². The van der Waals surface area contributed by atoms with E-state index in [2.05, 4.69) is 24.5 Å². The molecule has 0 heterocycles. The standard InChI is InChI=1S/C16H23ClN2O/c1-11-6-7-12(17)9-13(11)19-15(20)10-18-14-5-4-8-16(14,2)3/h6-7,9,14,18H,4-5,8,10H2,1-3H3,(H,19,20). The summed E-state index contributed by atoms with van der Waals surface area (Å²) in [5.41, 5.74) is 2.09. The second-order valence-corrected chi connectivity index (χ2v) is 6.76. The number of halogens is 1. The Labute approximate surface area is 126 Å². The molecule has 3 nitrogen and oxygen atoms in total. The Morgan fingerprint density at radius 3 is 2.85 bits per heavy atom. The van der Waals surface area contributed by atoms with Crippen LogP contribution in [0.4, 0.5) is 5.69 Å². The van der Waals surface area contributed by atoms with Gasteiger partial charge in [0.05, 0.1) is 6.54 Å². The Morgan fingerprint density at radius 1 is 1.45 bits per heavy atom. The van der Waals surface area contributed by atoms with Crippen LogP contribution in [0.15, 0.2) is 18.2 Å². The van der Waals surface area contributed by atoms with Gasteiger partial charge in [-0.1, -0.05) is 37.9 Å². The molecule has 0 aromatic heterocycles. The van der Waals surface area contributed by atoms with Crippen molar-refractivity contribution in [3.8, 4) is 0 Å². The van der Waals surface area contributed by atoms with Gasteiger partial charge >= 0.3 is 0 Å². The molecule has 0 spiro atoms. The van der Waals surface area contributed by atoms with Crippen molar-refractivity contribution in [3.63, 3.8) is 0 Å². The van der Waals surface area contributed by atoms with Gasteiger partial charge in [-0.3, -0.25) is 4.79 Å². The third-order valence-corrected chi connectivity index (χ3v) is 4.48. The maximum absolute atomic E-state index is 12.0. The van der Waals surface area contributed by atoms with E-state index in [0.29, 0.717) is 17.6 Å². The second-order valence-electron chi connectivity index (χ2n) is 6.32. The molecule has 20 heavy (non-hydrogen) atoms. The number of hydrogen-bond donors (Lipinski definition) is 2. The van der Waals surface area contributed by atoms with Crippen LogP contribution in [0.5, 0.6) is 0 Å². The molecule has 0 saturated heterocycles. The van der Waals surface area contributed by atoms with Crippen molar-refractivity contribution in [1.29, 1.82) is 0 Å². The molecule has 1 saturated carbocycles. The number of benzene rings is 1. The first kappa shape index (κ1) is 15.3. The monoisotopic (exact) mass is 294 g/mol. The van der Waals surface area contributed by atoms with Crippen LogP contribution in [0.2, 0.25) is 5.02 Å². The Kier molecular flexibility index (Phi) is 4.71. The van der Waals surface area contributed by atoms with Crippen LogP contribution in [0.25, 0.3) is 0 Å². The van der Waals surface area contributed by atoms with Gasteiger partial charge in [0.25, 0.3) is 0 Å². The van der Waals surface area contributed by atoms with E-state index in [4.69, 9.17) is 11.6 Å². The van der Waals surface area contributed by atoms with Crippen molar-refractivity contribution in [1.82, 2.24) is 5.32 Å². The van der Waals surface area contributed by atoms with Crippen LogP contribution in [0, 0.1) is 12.3 Å². The molecule has 0 bridgehead atoms. The molecule has 1 amide bonds. The summed E-state index contributed by atoms with van der Waals surface area (Å²) in [5.74, 6) is -0.0157. The van der Waals surface area contributed by atoms with Crippen molar-refractivity contribution < 1.29 is 4.79 Å². The Morgan fingerprint density at radius 2 is 2.20 bits per heavy atom. The number of carbonyl (C=O) groups is 1. The first-order valence-electron chi connectivity index (χ1n) is 7.18. The van der Waals surface area contributed by atoms with Crippen LogP contribution in [-0.4, -0.2) is 18.5 Å². The molecule has 110 valence electrons. The number of anilines is 1. The summed E-state index contributed by atoms with van der Waals surface area (Å²) in [5, 5.41) is 6.93. The van der Waals surface area contributed by atoms with Crippen LogP contribution < -0.4 is 10.6 Å². The lowest BCUT2D eigenvalue weighted by Gasteiger charge is -2.27. The smallest absolute Gasteiger partial charge is 0.238 e. The third-order valence-electron chi connectivity index (χ3n) is 4.24. The van der Waals surface area contributed by atoms with E-state index in [0.717, 1.165) is 17.7 Å². The zero-order chi connectivity index (χ0) is 14.8. The minimum atomic E-state index is -0.0157. The summed E-state index contributed by atoms with van der Waals surface area (Å²) < 4.78 is 0. The van der Waals surface area contributed by atoms with E-state index in [1.54, 1.807) is 6.07 Å². The highest BCUT2D eigenvalue weighted by atomic mass is 35.5. The van der Waals surface area contributed by atoms with Crippen LogP contribution in [-0.2, 0) is 4.79 Å². The first-order chi connectivity index (χ1) is 9.38. The van der Waals surface area contributed by atoms with Crippen LogP contribution >= 0.6 is 11.6 Å². The predicted octanol–water partition coefficient (Wildman–Crippen LogP) is 3.76. The van der Waals surface area contributed by atoms with Crippen molar-refractivity contribution in [3.05, 3.63) is 28.8 Å². The number of carbonyl (C=O) groups excluding carboxylic acids is 1. The zero-order valence-electron chi connectivity index (χ0n) is 12.4. The molecular formula is C16H23ClN2O. The number of amides is 1. The van der Waals surface area contributed by atoms with Crippen LogP contribution in [0.3, 0.4) is 0 Å². The Bertz CT molecular complexity index is 499. The van der Waals surface area contributed by atoms with Gasteiger partial charge < -0.3 is 10.6 Å². The SMILES string of the molecule is Cc1ccc(Cl)cc1NC(=O)CNC1CCCC1(C)C. The molecule has 1 aromatic rings. The third kappa shape index (κ3) is 3.74. The van der Waals surface area contributed by atoms with Gasteiger partial charge in [0.15, 0.2) is 0 Å². The van der Waals surface area contributed by atoms with E-state index >= 15 is 0 Å². The van der Waals surface area contributed by atoms with E-state index in [-0.39, 0.29) is 11.3 Å². The van der Waals surface area contributed by atoms with Gasteiger partial charge in [-0.25, -0.2) is 0 Å². The molecule has 1 aliphatic rings. The second kappa shape index (κ2) is 6.15. The number of nitrogens with one attached hydrogen (secondary N) is 2. The van der Waals surface area contributed by atoms with Gasteiger partial charge in [0.1, 0.15) is 0 Å². The quantitative estimate of drug-likeness (QED) is 0.888. The molecule has 2 N–H and O–H groups in total. The minimum Gasteiger partial charge on any atom is -0.325 e. The highest BCUT2D eigenvalue weighted by molar-refractivity contribution is 6.31. The lowest BCUT2D eigenvalue weighted by molar-refractivity contribution is -0.115. The number of rotatable bonds is 4. The summed E-state index contributed by atoms with van der Waals surface area (Å²) in [7, 11) is 0. The fraction of sp³-hybridized carbons (Fsp3) is 0.562. The van der Waals surface area contributed by atoms with Crippen LogP contribution in [0.1, 0.15) is 38.7 Å². The average molecular weight is 295 g/mol. The summed E-state index contributed by atoms with van der Waals surface area (Å²) in [4.78, 5) is 12.0. The molecule has 4 heteroatoms. The van der Waals surface area contributed by atoms with E-state index in [1.165, 1.54) is 12.8 Å². The Hall–Kier alpha value is -1.06. The largest absolute Gasteiger partial charge is 0.325 e. The van der Waals surface area contributed by atoms with Crippen molar-refractivity contribution in [2.75, 3.05) is 11.9 Å². The molecule has 1 aromatic carbocycles. The first-order valence-corrected chi connectivity index (χ1v) is 7.56. The number of aryl methyl sites for hydroxylation is 1. The Balaban J connectivity index is 1.88. The maximum atomic E-state index is 12.0. The minimum absolute atomic E-state index is 0.0157. The molecule has 0 radical (unpaired) electrons. The summed E-state index contributed by atoms with van der Waals surface area (Å²) in [6, 6.07) is 5.94. The normalized spacial score (nSPS) is 20.9. The fourth-order valence-corrected chi connectivity index (χ4v) is 3.02. The van der Waals surface area contributed by atoms with Crippen molar-refractivity contribution in [2.24, 2.45) is 5.41 Å². The van der Waals surface area contributed by atoms with Gasteiger partial charge in [0, 0.05) is 16.8 Å². The lowest BCUT2D eigenvalue weighted by Crippen LogP contribution is -2.41. The highest BCUT2D eigenvalue weighted by Gasteiger charge is 2.34. The fourth-order valence-electron chi connectivity index (χ4n) is 2.84. The molecule has 1 aliphatic carbocycles. The van der Waals surface area contributed by atoms with Gasteiger partial charge in [-0.2, -0.15) is 0 Å². The van der Waals surface area contributed by atoms with Crippen molar-refractivity contribution >= 4 is 23.2 Å². The summed E-state index contributed by atoms with van der Waals surface area (Å²) in [6.45, 7) is 6.83. The lowest BCUT2D eigenvalue weighted by atomic mass is 9.87. The molecule has 1 atom stereocenters. The van der Waals surface area contributed by atoms with Gasteiger partial charge in [0.2, 0.25) is 5.91 Å². The average Bonchev–Trinajstić information content (AvgIpc) is 2.70. The maximum Gasteiger partial charge on any atom is 0.238 e.